The molecule has 0 aliphatic heterocycles. The summed E-state index contributed by atoms with van der Waals surface area (Å²) in [6, 6.07) is 8.35. The van der Waals surface area contributed by atoms with Gasteiger partial charge in [0, 0.05) is 23.0 Å². The van der Waals surface area contributed by atoms with Gasteiger partial charge in [-0.3, -0.25) is 4.79 Å². The summed E-state index contributed by atoms with van der Waals surface area (Å²) in [7, 11) is 0. The molecule has 1 aromatic carbocycles. The van der Waals surface area contributed by atoms with Gasteiger partial charge in [0.15, 0.2) is 0 Å². The topological polar surface area (TPSA) is 53.1 Å². The average molecular weight is 243 g/mol. The highest BCUT2D eigenvalue weighted by Crippen LogP contribution is 2.31. The molecular formula is C15H17NO2. The Kier molecular flexibility index (Phi) is 2.82. The summed E-state index contributed by atoms with van der Waals surface area (Å²) in [6.07, 6.45) is 4.33. The van der Waals surface area contributed by atoms with Crippen molar-refractivity contribution in [2.75, 3.05) is 0 Å². The molecule has 0 saturated heterocycles. The molecule has 0 bridgehead atoms. The lowest BCUT2D eigenvalue weighted by atomic mass is 9.96. The van der Waals surface area contributed by atoms with Crippen molar-refractivity contribution in [3.05, 3.63) is 35.5 Å². The zero-order valence-corrected chi connectivity index (χ0v) is 10.3. The van der Waals surface area contributed by atoms with Crippen molar-refractivity contribution in [2.24, 2.45) is 5.92 Å². The van der Waals surface area contributed by atoms with Crippen LogP contribution in [0, 0.1) is 5.92 Å². The minimum atomic E-state index is -0.681. The number of nitrogens with one attached hydrogen (secondary N) is 1. The van der Waals surface area contributed by atoms with E-state index in [1.165, 1.54) is 22.2 Å². The van der Waals surface area contributed by atoms with Crippen molar-refractivity contribution in [3.8, 4) is 0 Å². The number of carboxylic acids is 1. The normalized spacial score (nSPS) is 19.4. The van der Waals surface area contributed by atoms with Crippen LogP contribution in [-0.4, -0.2) is 16.1 Å². The molecular weight excluding hydrogens is 226 g/mol. The molecule has 0 spiro atoms. The lowest BCUT2D eigenvalue weighted by Crippen LogP contribution is -2.10. The van der Waals surface area contributed by atoms with E-state index in [0.29, 0.717) is 0 Å². The predicted molar refractivity (Wildman–Crippen MR) is 70.7 cm³/mol. The largest absolute Gasteiger partial charge is 0.481 e. The fourth-order valence-corrected chi connectivity index (χ4v) is 3.10. The molecule has 1 heterocycles. The number of H-pyrrole nitrogens is 1. The summed E-state index contributed by atoms with van der Waals surface area (Å²) in [4.78, 5) is 14.3. The van der Waals surface area contributed by atoms with E-state index in [0.717, 1.165) is 25.7 Å². The third-order valence-electron chi connectivity index (χ3n) is 3.90. The molecule has 3 heteroatoms. The van der Waals surface area contributed by atoms with E-state index in [-0.39, 0.29) is 12.3 Å². The molecule has 1 aliphatic carbocycles. The summed E-state index contributed by atoms with van der Waals surface area (Å²) < 4.78 is 0. The van der Waals surface area contributed by atoms with Gasteiger partial charge in [0.05, 0.1) is 0 Å². The Hall–Kier alpha value is -1.77. The Morgan fingerprint density at radius 1 is 1.39 bits per heavy atom. The first-order valence-corrected chi connectivity index (χ1v) is 6.54. The fraction of sp³-hybridized carbons (Fsp3) is 0.400. The zero-order chi connectivity index (χ0) is 12.5. The number of carbonyl (C=O) groups is 1. The Morgan fingerprint density at radius 2 is 2.22 bits per heavy atom. The second-order valence-corrected chi connectivity index (χ2v) is 5.19. The molecule has 0 fully saturated rings. The number of carboxylic acid groups (broad SMARTS) is 1. The number of fused-ring (bicyclic) bond motifs is 3. The van der Waals surface area contributed by atoms with Crippen LogP contribution in [0.5, 0.6) is 0 Å². The van der Waals surface area contributed by atoms with Crippen LogP contribution in [-0.2, 0) is 17.6 Å². The average Bonchev–Trinajstić information content (AvgIpc) is 2.55. The highest BCUT2D eigenvalue weighted by molar-refractivity contribution is 5.84. The quantitative estimate of drug-likeness (QED) is 0.796. The van der Waals surface area contributed by atoms with E-state index in [1.54, 1.807) is 0 Å². The van der Waals surface area contributed by atoms with Crippen molar-refractivity contribution < 1.29 is 9.90 Å². The van der Waals surface area contributed by atoms with E-state index in [4.69, 9.17) is 5.11 Å². The standard InChI is InChI=1S/C15H17NO2/c17-15(18)9-10-4-3-6-12-11-5-1-2-7-13(11)16-14(12)8-10/h1-2,5,7,10,16H,3-4,6,8-9H2,(H,17,18). The van der Waals surface area contributed by atoms with Gasteiger partial charge in [0.1, 0.15) is 0 Å². The third kappa shape index (κ3) is 2.01. The van der Waals surface area contributed by atoms with Crippen molar-refractivity contribution in [1.82, 2.24) is 4.98 Å². The van der Waals surface area contributed by atoms with Crippen molar-refractivity contribution in [3.63, 3.8) is 0 Å². The lowest BCUT2D eigenvalue weighted by molar-refractivity contribution is -0.138. The van der Waals surface area contributed by atoms with E-state index < -0.39 is 5.97 Å². The first kappa shape index (κ1) is 11.3. The molecule has 2 N–H and O–H groups in total. The molecule has 0 radical (unpaired) electrons. The summed E-state index contributed by atoms with van der Waals surface area (Å²) >= 11 is 0. The number of rotatable bonds is 2. The molecule has 2 aromatic rings. The monoisotopic (exact) mass is 243 g/mol. The molecule has 1 aliphatic rings. The summed E-state index contributed by atoms with van der Waals surface area (Å²) in [6.45, 7) is 0. The second kappa shape index (κ2) is 4.48. The molecule has 0 saturated carbocycles. The first-order valence-electron chi connectivity index (χ1n) is 6.54. The van der Waals surface area contributed by atoms with E-state index in [9.17, 15) is 4.79 Å². The zero-order valence-electron chi connectivity index (χ0n) is 10.3. The van der Waals surface area contributed by atoms with Gasteiger partial charge >= 0.3 is 5.97 Å². The molecule has 3 nitrogen and oxygen atoms in total. The molecule has 94 valence electrons. The molecule has 1 aromatic heterocycles. The highest BCUT2D eigenvalue weighted by atomic mass is 16.4. The molecule has 0 amide bonds. The molecule has 3 rings (SSSR count). The lowest BCUT2D eigenvalue weighted by Gasteiger charge is -2.10. The van der Waals surface area contributed by atoms with Gasteiger partial charge in [0.25, 0.3) is 0 Å². The van der Waals surface area contributed by atoms with Crippen LogP contribution in [0.2, 0.25) is 0 Å². The van der Waals surface area contributed by atoms with Gasteiger partial charge < -0.3 is 10.1 Å². The maximum atomic E-state index is 10.9. The van der Waals surface area contributed by atoms with Crippen LogP contribution in [0.4, 0.5) is 0 Å². The van der Waals surface area contributed by atoms with Gasteiger partial charge in [-0.15, -0.1) is 0 Å². The van der Waals surface area contributed by atoms with Gasteiger partial charge in [-0.05, 0) is 43.2 Å². The van der Waals surface area contributed by atoms with Gasteiger partial charge in [0.2, 0.25) is 0 Å². The first-order chi connectivity index (χ1) is 8.74. The number of hydrogen-bond donors (Lipinski definition) is 2. The Morgan fingerprint density at radius 3 is 3.06 bits per heavy atom. The number of hydrogen-bond acceptors (Lipinski definition) is 1. The van der Waals surface area contributed by atoms with Crippen molar-refractivity contribution in [1.29, 1.82) is 0 Å². The number of para-hydroxylation sites is 1. The molecule has 18 heavy (non-hydrogen) atoms. The Bertz CT molecular complexity index is 585. The number of aliphatic carboxylic acids is 1. The maximum absolute atomic E-state index is 10.9. The minimum Gasteiger partial charge on any atom is -0.481 e. The van der Waals surface area contributed by atoms with E-state index >= 15 is 0 Å². The Labute approximate surface area is 106 Å². The second-order valence-electron chi connectivity index (χ2n) is 5.19. The SMILES string of the molecule is O=C(O)CC1CCCc2c([nH]c3ccccc23)C1. The predicted octanol–water partition coefficient (Wildman–Crippen LogP) is 3.14. The van der Waals surface area contributed by atoms with Crippen LogP contribution < -0.4 is 0 Å². The van der Waals surface area contributed by atoms with Crippen molar-refractivity contribution in [2.45, 2.75) is 32.1 Å². The Balaban J connectivity index is 1.97. The summed E-state index contributed by atoms with van der Waals surface area (Å²) in [5.41, 5.74) is 3.83. The number of aromatic nitrogens is 1. The van der Waals surface area contributed by atoms with E-state index in [2.05, 4.69) is 23.2 Å². The highest BCUT2D eigenvalue weighted by Gasteiger charge is 2.21. The number of aryl methyl sites for hydroxylation is 1. The smallest absolute Gasteiger partial charge is 0.303 e. The minimum absolute atomic E-state index is 0.275. The number of aromatic amines is 1. The van der Waals surface area contributed by atoms with Crippen LogP contribution in [0.25, 0.3) is 10.9 Å². The molecule has 1 atom stereocenters. The van der Waals surface area contributed by atoms with Crippen LogP contribution in [0.15, 0.2) is 24.3 Å². The van der Waals surface area contributed by atoms with Crippen LogP contribution in [0.1, 0.15) is 30.5 Å². The molecule has 1 unspecified atom stereocenters. The summed E-state index contributed by atoms with van der Waals surface area (Å²) in [5.74, 6) is -0.406. The van der Waals surface area contributed by atoms with Crippen LogP contribution in [0.3, 0.4) is 0 Å². The third-order valence-corrected chi connectivity index (χ3v) is 3.90. The summed E-state index contributed by atoms with van der Waals surface area (Å²) in [5, 5.41) is 10.2. The van der Waals surface area contributed by atoms with Gasteiger partial charge in [-0.25, -0.2) is 0 Å². The van der Waals surface area contributed by atoms with E-state index in [1.807, 2.05) is 6.07 Å². The van der Waals surface area contributed by atoms with Gasteiger partial charge in [-0.2, -0.15) is 0 Å². The van der Waals surface area contributed by atoms with Crippen molar-refractivity contribution >= 4 is 16.9 Å². The van der Waals surface area contributed by atoms with Crippen LogP contribution >= 0.6 is 0 Å². The maximum Gasteiger partial charge on any atom is 0.303 e. The fourth-order valence-electron chi connectivity index (χ4n) is 3.10. The van der Waals surface area contributed by atoms with Gasteiger partial charge in [-0.1, -0.05) is 18.2 Å². The number of benzene rings is 1.